The molecule has 0 radical (unpaired) electrons. The number of nitrogens with one attached hydrogen (secondary N) is 1. The number of hydrazine groups is 1. The Bertz CT molecular complexity index is 488. The number of nitrogens with zero attached hydrogens (tertiary/aromatic N) is 1. The van der Waals surface area contributed by atoms with Crippen molar-refractivity contribution in [2.24, 2.45) is 11.8 Å². The summed E-state index contributed by atoms with van der Waals surface area (Å²) in [7, 11) is 0. The molecule has 1 amide bonds. The van der Waals surface area contributed by atoms with Crippen molar-refractivity contribution in [2.75, 3.05) is 0 Å². The molecule has 104 valence electrons. The van der Waals surface area contributed by atoms with E-state index < -0.39 is 16.9 Å². The Morgan fingerprint density at radius 2 is 2.11 bits per heavy atom. The SMILES string of the molecule is Cc1cc([N+](=O)[O-])ccc1OC(C(=O)NN)C(C)C. The van der Waals surface area contributed by atoms with Crippen LogP contribution in [0, 0.1) is 23.0 Å². The highest BCUT2D eigenvalue weighted by Gasteiger charge is 2.24. The zero-order chi connectivity index (χ0) is 14.6. The molecule has 0 aromatic heterocycles. The van der Waals surface area contributed by atoms with E-state index in [9.17, 15) is 14.9 Å². The van der Waals surface area contributed by atoms with Crippen LogP contribution in [0.4, 0.5) is 5.69 Å². The molecule has 0 aliphatic rings. The lowest BCUT2D eigenvalue weighted by Gasteiger charge is -2.21. The smallest absolute Gasteiger partial charge is 0.275 e. The second-order valence-corrected chi connectivity index (χ2v) is 4.50. The van der Waals surface area contributed by atoms with Gasteiger partial charge in [0.05, 0.1) is 4.92 Å². The molecule has 0 saturated carbocycles. The normalized spacial score (nSPS) is 12.1. The fraction of sp³-hybridized carbons (Fsp3) is 0.417. The van der Waals surface area contributed by atoms with E-state index in [2.05, 4.69) is 0 Å². The fourth-order valence-electron chi connectivity index (χ4n) is 1.59. The summed E-state index contributed by atoms with van der Waals surface area (Å²) in [5, 5.41) is 10.6. The molecule has 1 unspecified atom stereocenters. The molecular weight excluding hydrogens is 250 g/mol. The maximum atomic E-state index is 11.6. The van der Waals surface area contributed by atoms with Gasteiger partial charge >= 0.3 is 0 Å². The first-order chi connectivity index (χ1) is 8.86. The number of non-ortho nitro benzene ring substituents is 1. The lowest BCUT2D eigenvalue weighted by atomic mass is 10.1. The van der Waals surface area contributed by atoms with Crippen molar-refractivity contribution in [2.45, 2.75) is 26.9 Å². The third kappa shape index (κ3) is 3.65. The minimum Gasteiger partial charge on any atom is -0.480 e. The third-order valence-corrected chi connectivity index (χ3v) is 2.63. The minimum atomic E-state index is -0.745. The Kier molecular flexibility index (Phi) is 4.82. The maximum absolute atomic E-state index is 11.6. The predicted molar refractivity (Wildman–Crippen MR) is 69.4 cm³/mol. The molecule has 7 heteroatoms. The largest absolute Gasteiger partial charge is 0.480 e. The first-order valence-corrected chi connectivity index (χ1v) is 5.79. The zero-order valence-electron chi connectivity index (χ0n) is 11.0. The Labute approximate surface area is 110 Å². The van der Waals surface area contributed by atoms with Crippen molar-refractivity contribution in [1.82, 2.24) is 5.43 Å². The van der Waals surface area contributed by atoms with E-state index in [-0.39, 0.29) is 11.6 Å². The van der Waals surface area contributed by atoms with E-state index in [4.69, 9.17) is 10.6 Å². The van der Waals surface area contributed by atoms with Crippen molar-refractivity contribution in [3.05, 3.63) is 33.9 Å². The number of aryl methyl sites for hydroxylation is 1. The molecule has 0 aliphatic carbocycles. The number of ether oxygens (including phenoxy) is 1. The third-order valence-electron chi connectivity index (χ3n) is 2.63. The second kappa shape index (κ2) is 6.14. The number of nitro benzene ring substituents is 1. The van der Waals surface area contributed by atoms with E-state index in [0.717, 1.165) is 0 Å². The first kappa shape index (κ1) is 14.9. The molecule has 0 saturated heterocycles. The number of carbonyl (C=O) groups excluding carboxylic acids is 1. The maximum Gasteiger partial charge on any atom is 0.275 e. The van der Waals surface area contributed by atoms with Gasteiger partial charge in [0.15, 0.2) is 6.10 Å². The summed E-state index contributed by atoms with van der Waals surface area (Å²) < 4.78 is 5.58. The lowest BCUT2D eigenvalue weighted by molar-refractivity contribution is -0.384. The molecule has 1 atom stereocenters. The van der Waals surface area contributed by atoms with Gasteiger partial charge in [-0.05, 0) is 24.5 Å². The molecule has 1 aromatic rings. The number of benzene rings is 1. The quantitative estimate of drug-likeness (QED) is 0.362. The Morgan fingerprint density at radius 1 is 1.47 bits per heavy atom. The summed E-state index contributed by atoms with van der Waals surface area (Å²) in [4.78, 5) is 21.7. The molecule has 1 aromatic carbocycles. The van der Waals surface area contributed by atoms with Crippen LogP contribution in [0.1, 0.15) is 19.4 Å². The number of nitrogens with two attached hydrogens (primary N) is 1. The number of nitro groups is 1. The van der Waals surface area contributed by atoms with Crippen LogP contribution >= 0.6 is 0 Å². The van der Waals surface area contributed by atoms with Gasteiger partial charge in [-0.15, -0.1) is 0 Å². The number of rotatable bonds is 5. The predicted octanol–water partition coefficient (Wildman–Crippen LogP) is 1.30. The van der Waals surface area contributed by atoms with Crippen LogP contribution in [-0.2, 0) is 4.79 Å². The van der Waals surface area contributed by atoms with Gasteiger partial charge in [0.2, 0.25) is 0 Å². The van der Waals surface area contributed by atoms with Crippen molar-refractivity contribution < 1.29 is 14.5 Å². The standard InChI is InChI=1S/C12H17N3O4/c1-7(2)11(12(16)14-13)19-10-5-4-9(15(17)18)6-8(10)3/h4-7,11H,13H2,1-3H3,(H,14,16). The summed E-state index contributed by atoms with van der Waals surface area (Å²) in [6, 6.07) is 4.21. The summed E-state index contributed by atoms with van der Waals surface area (Å²) in [6.07, 6.45) is -0.745. The van der Waals surface area contributed by atoms with Gasteiger partial charge in [0, 0.05) is 12.1 Å². The molecule has 0 bridgehead atoms. The van der Waals surface area contributed by atoms with E-state index in [0.29, 0.717) is 11.3 Å². The van der Waals surface area contributed by atoms with Crippen LogP contribution in [0.2, 0.25) is 0 Å². The summed E-state index contributed by atoms with van der Waals surface area (Å²) in [6.45, 7) is 5.32. The second-order valence-electron chi connectivity index (χ2n) is 4.50. The number of hydrogen-bond acceptors (Lipinski definition) is 5. The molecule has 3 N–H and O–H groups in total. The molecule has 0 aliphatic heterocycles. The topological polar surface area (TPSA) is 107 Å². The van der Waals surface area contributed by atoms with Gasteiger partial charge < -0.3 is 4.74 Å². The van der Waals surface area contributed by atoms with Crippen LogP contribution in [0.25, 0.3) is 0 Å². The molecule has 19 heavy (non-hydrogen) atoms. The highest BCUT2D eigenvalue weighted by Crippen LogP contribution is 2.25. The van der Waals surface area contributed by atoms with Gasteiger partial charge in [-0.25, -0.2) is 5.84 Å². The lowest BCUT2D eigenvalue weighted by Crippen LogP contribution is -2.44. The van der Waals surface area contributed by atoms with Gasteiger partial charge in [0.1, 0.15) is 5.75 Å². The highest BCUT2D eigenvalue weighted by molar-refractivity contribution is 5.80. The summed E-state index contributed by atoms with van der Waals surface area (Å²) >= 11 is 0. The number of amides is 1. The van der Waals surface area contributed by atoms with Crippen LogP contribution in [0.3, 0.4) is 0 Å². The van der Waals surface area contributed by atoms with Crippen LogP contribution in [0.5, 0.6) is 5.75 Å². The van der Waals surface area contributed by atoms with Gasteiger partial charge in [-0.1, -0.05) is 13.8 Å². The van der Waals surface area contributed by atoms with Gasteiger partial charge in [-0.2, -0.15) is 0 Å². The summed E-state index contributed by atoms with van der Waals surface area (Å²) in [5.41, 5.74) is 2.61. The van der Waals surface area contributed by atoms with Gasteiger partial charge in [0.25, 0.3) is 11.6 Å². The van der Waals surface area contributed by atoms with Gasteiger partial charge in [-0.3, -0.25) is 20.3 Å². The molecule has 0 fully saturated rings. The van der Waals surface area contributed by atoms with Crippen LogP contribution in [0.15, 0.2) is 18.2 Å². The molecule has 1 rings (SSSR count). The Morgan fingerprint density at radius 3 is 2.53 bits per heavy atom. The molecule has 7 nitrogen and oxygen atoms in total. The molecular formula is C12H17N3O4. The van der Waals surface area contributed by atoms with E-state index in [1.165, 1.54) is 18.2 Å². The highest BCUT2D eigenvalue weighted by atomic mass is 16.6. The van der Waals surface area contributed by atoms with Crippen molar-refractivity contribution in [1.29, 1.82) is 0 Å². The van der Waals surface area contributed by atoms with E-state index >= 15 is 0 Å². The van der Waals surface area contributed by atoms with Crippen molar-refractivity contribution in [3.63, 3.8) is 0 Å². The van der Waals surface area contributed by atoms with Crippen molar-refractivity contribution >= 4 is 11.6 Å². The number of hydrogen-bond donors (Lipinski definition) is 2. The average molecular weight is 267 g/mol. The van der Waals surface area contributed by atoms with Crippen LogP contribution < -0.4 is 16.0 Å². The molecule has 0 spiro atoms. The Balaban J connectivity index is 2.97. The Hall–Kier alpha value is -2.15. The van der Waals surface area contributed by atoms with Crippen LogP contribution in [-0.4, -0.2) is 16.9 Å². The molecule has 0 heterocycles. The zero-order valence-corrected chi connectivity index (χ0v) is 11.0. The first-order valence-electron chi connectivity index (χ1n) is 5.79. The fourth-order valence-corrected chi connectivity index (χ4v) is 1.59. The number of carbonyl (C=O) groups is 1. The monoisotopic (exact) mass is 267 g/mol. The van der Waals surface area contributed by atoms with Crippen molar-refractivity contribution in [3.8, 4) is 5.75 Å². The summed E-state index contributed by atoms with van der Waals surface area (Å²) in [5.74, 6) is 5.00. The minimum absolute atomic E-state index is 0.0192. The average Bonchev–Trinajstić information content (AvgIpc) is 2.35. The van der Waals surface area contributed by atoms with E-state index in [1.807, 2.05) is 19.3 Å². The van der Waals surface area contributed by atoms with E-state index in [1.54, 1.807) is 6.92 Å².